The van der Waals surface area contributed by atoms with Gasteiger partial charge in [-0.15, -0.1) is 0 Å². The van der Waals surface area contributed by atoms with Gasteiger partial charge in [0.25, 0.3) is 0 Å². The van der Waals surface area contributed by atoms with Crippen LogP contribution >= 0.6 is 0 Å². The van der Waals surface area contributed by atoms with E-state index in [1.54, 1.807) is 12.1 Å². The first-order valence-electron chi connectivity index (χ1n) is 10.9. The Morgan fingerprint density at radius 3 is 2.16 bits per heavy atom. The number of amides is 2. The van der Waals surface area contributed by atoms with Gasteiger partial charge in [-0.2, -0.15) is 0 Å². The molecule has 0 saturated carbocycles. The van der Waals surface area contributed by atoms with Crippen molar-refractivity contribution in [2.75, 3.05) is 28.6 Å². The van der Waals surface area contributed by atoms with Crippen molar-refractivity contribution in [1.29, 1.82) is 0 Å². The highest BCUT2D eigenvalue weighted by molar-refractivity contribution is 6.02. The number of para-hydroxylation sites is 1. The highest BCUT2D eigenvalue weighted by Crippen LogP contribution is 2.32. The molecule has 2 aromatic carbocycles. The summed E-state index contributed by atoms with van der Waals surface area (Å²) in [5.41, 5.74) is 2.64. The molecule has 1 unspecified atom stereocenters. The number of rotatable bonds is 10. The maximum absolute atomic E-state index is 14.0. The van der Waals surface area contributed by atoms with Gasteiger partial charge in [0.1, 0.15) is 12.1 Å². The third-order valence-corrected chi connectivity index (χ3v) is 4.92. The number of carbonyl (C=O) groups is 2. The standard InChI is InChI=1S/C25H34FN3O2/c1-17(2)15-29(16-18(3)4)24-11-10-20(19(5)12-13-30)14-23(24)28-25(31)27-22-9-7-6-8-21(22)26/h6-11,13-14,17-19H,12,15-16H2,1-5H3,(H2,27,28,31). The predicted octanol–water partition coefficient (Wildman–Crippen LogP) is 6.28. The second kappa shape index (κ2) is 11.5. The minimum absolute atomic E-state index is 0.0328. The van der Waals surface area contributed by atoms with E-state index in [2.05, 4.69) is 43.2 Å². The lowest BCUT2D eigenvalue weighted by Crippen LogP contribution is -2.32. The average molecular weight is 428 g/mol. The van der Waals surface area contributed by atoms with Crippen molar-refractivity contribution in [2.45, 2.75) is 47.0 Å². The van der Waals surface area contributed by atoms with E-state index in [1.165, 1.54) is 12.1 Å². The molecule has 6 heteroatoms. The summed E-state index contributed by atoms with van der Waals surface area (Å²) in [5.74, 6) is 0.415. The number of nitrogens with one attached hydrogen (secondary N) is 2. The number of benzene rings is 2. The molecule has 0 aromatic heterocycles. The molecular formula is C25H34FN3O2. The molecule has 2 N–H and O–H groups in total. The van der Waals surface area contributed by atoms with Gasteiger partial charge in [-0.05, 0) is 47.6 Å². The summed E-state index contributed by atoms with van der Waals surface area (Å²) in [4.78, 5) is 25.9. The first-order chi connectivity index (χ1) is 14.7. The van der Waals surface area contributed by atoms with E-state index >= 15 is 0 Å². The van der Waals surface area contributed by atoms with E-state index < -0.39 is 11.8 Å². The van der Waals surface area contributed by atoms with Gasteiger partial charge >= 0.3 is 6.03 Å². The normalized spacial score (nSPS) is 12.0. The number of hydrogen-bond donors (Lipinski definition) is 2. The van der Waals surface area contributed by atoms with Gasteiger partial charge in [-0.25, -0.2) is 9.18 Å². The van der Waals surface area contributed by atoms with Crippen molar-refractivity contribution in [1.82, 2.24) is 0 Å². The topological polar surface area (TPSA) is 61.4 Å². The fraction of sp³-hybridized carbons (Fsp3) is 0.440. The average Bonchev–Trinajstić information content (AvgIpc) is 2.68. The summed E-state index contributed by atoms with van der Waals surface area (Å²) < 4.78 is 14.0. The Balaban J connectivity index is 2.38. The lowest BCUT2D eigenvalue weighted by molar-refractivity contribution is -0.108. The molecule has 0 aliphatic rings. The first kappa shape index (κ1) is 24.4. The molecule has 0 aliphatic carbocycles. The minimum atomic E-state index is -0.513. The van der Waals surface area contributed by atoms with Crippen LogP contribution in [0, 0.1) is 17.7 Å². The quantitative estimate of drug-likeness (QED) is 0.439. The number of halogens is 1. The van der Waals surface area contributed by atoms with Gasteiger partial charge in [0.15, 0.2) is 0 Å². The van der Waals surface area contributed by atoms with E-state index in [0.717, 1.165) is 30.6 Å². The molecule has 2 amide bonds. The predicted molar refractivity (Wildman–Crippen MR) is 126 cm³/mol. The van der Waals surface area contributed by atoms with Crippen LogP contribution in [0.5, 0.6) is 0 Å². The van der Waals surface area contributed by atoms with Crippen molar-refractivity contribution in [2.24, 2.45) is 11.8 Å². The van der Waals surface area contributed by atoms with Crippen LogP contribution in [-0.2, 0) is 4.79 Å². The number of urea groups is 1. The van der Waals surface area contributed by atoms with E-state index in [1.807, 2.05) is 25.1 Å². The maximum atomic E-state index is 14.0. The summed E-state index contributed by atoms with van der Waals surface area (Å²) >= 11 is 0. The number of anilines is 3. The molecule has 2 aromatic rings. The molecule has 31 heavy (non-hydrogen) atoms. The molecule has 1 atom stereocenters. The van der Waals surface area contributed by atoms with Crippen molar-refractivity contribution < 1.29 is 14.0 Å². The van der Waals surface area contributed by atoms with Crippen LogP contribution in [-0.4, -0.2) is 25.4 Å². The van der Waals surface area contributed by atoms with E-state index in [9.17, 15) is 14.0 Å². The molecule has 168 valence electrons. The molecule has 0 saturated heterocycles. The van der Waals surface area contributed by atoms with E-state index in [-0.39, 0.29) is 11.6 Å². The Labute approximate surface area is 185 Å². The molecule has 0 radical (unpaired) electrons. The number of hydrogen-bond acceptors (Lipinski definition) is 3. The number of aldehydes is 1. The highest BCUT2D eigenvalue weighted by Gasteiger charge is 2.18. The van der Waals surface area contributed by atoms with Gasteiger partial charge in [0, 0.05) is 19.5 Å². The fourth-order valence-electron chi connectivity index (χ4n) is 3.51. The van der Waals surface area contributed by atoms with Crippen LogP contribution in [0.1, 0.15) is 52.5 Å². The monoisotopic (exact) mass is 427 g/mol. The molecule has 2 rings (SSSR count). The molecule has 0 bridgehead atoms. The zero-order valence-electron chi connectivity index (χ0n) is 19.1. The van der Waals surface area contributed by atoms with Crippen LogP contribution in [0.4, 0.5) is 26.2 Å². The Hall–Kier alpha value is -2.89. The minimum Gasteiger partial charge on any atom is -0.369 e. The zero-order chi connectivity index (χ0) is 23.0. The smallest absolute Gasteiger partial charge is 0.323 e. The van der Waals surface area contributed by atoms with E-state index in [0.29, 0.717) is 23.9 Å². The summed E-state index contributed by atoms with van der Waals surface area (Å²) in [5, 5.41) is 5.48. The Morgan fingerprint density at radius 1 is 0.968 bits per heavy atom. The summed E-state index contributed by atoms with van der Waals surface area (Å²) in [6.45, 7) is 12.3. The molecule has 0 spiro atoms. The summed E-state index contributed by atoms with van der Waals surface area (Å²) in [6, 6.07) is 11.5. The number of nitrogens with zero attached hydrogens (tertiary/aromatic N) is 1. The third kappa shape index (κ3) is 7.39. The van der Waals surface area contributed by atoms with Crippen molar-refractivity contribution in [3.63, 3.8) is 0 Å². The van der Waals surface area contributed by atoms with Gasteiger partial charge in [0.2, 0.25) is 0 Å². The Kier molecular flexibility index (Phi) is 9.03. The zero-order valence-corrected chi connectivity index (χ0v) is 19.1. The van der Waals surface area contributed by atoms with Crippen LogP contribution in [0.2, 0.25) is 0 Å². The van der Waals surface area contributed by atoms with Crippen LogP contribution < -0.4 is 15.5 Å². The van der Waals surface area contributed by atoms with Gasteiger partial charge in [-0.1, -0.05) is 52.8 Å². The third-order valence-electron chi connectivity index (χ3n) is 4.92. The Bertz CT molecular complexity index is 873. The lowest BCUT2D eigenvalue weighted by atomic mass is 9.97. The van der Waals surface area contributed by atoms with Crippen LogP contribution in [0.3, 0.4) is 0 Å². The number of carbonyl (C=O) groups excluding carboxylic acids is 2. The van der Waals surface area contributed by atoms with Crippen molar-refractivity contribution >= 4 is 29.4 Å². The maximum Gasteiger partial charge on any atom is 0.323 e. The van der Waals surface area contributed by atoms with Crippen LogP contribution in [0.15, 0.2) is 42.5 Å². The van der Waals surface area contributed by atoms with E-state index in [4.69, 9.17) is 0 Å². The first-order valence-corrected chi connectivity index (χ1v) is 10.9. The van der Waals surface area contributed by atoms with Crippen molar-refractivity contribution in [3.05, 3.63) is 53.8 Å². The fourth-order valence-corrected chi connectivity index (χ4v) is 3.51. The van der Waals surface area contributed by atoms with Gasteiger partial charge in [-0.3, -0.25) is 0 Å². The van der Waals surface area contributed by atoms with Gasteiger partial charge in [0.05, 0.1) is 17.1 Å². The molecule has 0 heterocycles. The second-order valence-electron chi connectivity index (χ2n) is 8.83. The highest BCUT2D eigenvalue weighted by atomic mass is 19.1. The van der Waals surface area contributed by atoms with Crippen LogP contribution in [0.25, 0.3) is 0 Å². The summed E-state index contributed by atoms with van der Waals surface area (Å²) in [6.07, 6.45) is 1.31. The molecule has 0 aliphatic heterocycles. The second-order valence-corrected chi connectivity index (χ2v) is 8.83. The molecule has 0 fully saturated rings. The van der Waals surface area contributed by atoms with Crippen molar-refractivity contribution in [3.8, 4) is 0 Å². The van der Waals surface area contributed by atoms with Gasteiger partial charge < -0.3 is 20.3 Å². The molecule has 5 nitrogen and oxygen atoms in total. The SMILES string of the molecule is CC(C)CN(CC(C)C)c1ccc(C(C)CC=O)cc1NC(=O)Nc1ccccc1F. The Morgan fingerprint density at radius 2 is 1.58 bits per heavy atom. The molecular weight excluding hydrogens is 393 g/mol. The summed E-state index contributed by atoms with van der Waals surface area (Å²) in [7, 11) is 0. The largest absolute Gasteiger partial charge is 0.369 e. The lowest BCUT2D eigenvalue weighted by Gasteiger charge is -2.31.